The Balaban J connectivity index is 2.09. The summed E-state index contributed by atoms with van der Waals surface area (Å²) < 4.78 is 5.05. The van der Waals surface area contributed by atoms with Crippen LogP contribution in [-0.2, 0) is 6.42 Å². The predicted octanol–water partition coefficient (Wildman–Crippen LogP) is 2.62. The quantitative estimate of drug-likeness (QED) is 0.844. The topological polar surface area (TPSA) is 51.1 Å². The summed E-state index contributed by atoms with van der Waals surface area (Å²) in [7, 11) is 1.51. The lowest BCUT2D eigenvalue weighted by molar-refractivity contribution is 0.378. The Bertz CT molecular complexity index is 619. The maximum absolute atomic E-state index is 5.91. The number of nitrogens with zero attached hydrogens (tertiary/aromatic N) is 4. The van der Waals surface area contributed by atoms with Crippen molar-refractivity contribution >= 4 is 23.2 Å². The van der Waals surface area contributed by atoms with E-state index in [0.29, 0.717) is 5.95 Å². The van der Waals surface area contributed by atoms with Crippen LogP contribution in [0.25, 0.3) is 0 Å². The number of hydrogen-bond acceptors (Lipinski definition) is 5. The summed E-state index contributed by atoms with van der Waals surface area (Å²) in [6.45, 7) is 2.13. The Hall–Kier alpha value is -1.88. The number of benzene rings is 1. The zero-order valence-corrected chi connectivity index (χ0v) is 11.4. The minimum atomic E-state index is 0.137. The molecule has 1 aliphatic rings. The van der Waals surface area contributed by atoms with E-state index in [9.17, 15) is 0 Å². The van der Waals surface area contributed by atoms with E-state index in [1.54, 1.807) is 0 Å². The Morgan fingerprint density at radius 3 is 2.84 bits per heavy atom. The first kappa shape index (κ1) is 12.2. The highest BCUT2D eigenvalue weighted by molar-refractivity contribution is 6.28. The molecule has 2 aromatic rings. The second-order valence-electron chi connectivity index (χ2n) is 4.44. The van der Waals surface area contributed by atoms with Crippen molar-refractivity contribution in [2.24, 2.45) is 0 Å². The maximum atomic E-state index is 5.91. The summed E-state index contributed by atoms with van der Waals surface area (Å²) >= 11 is 5.91. The molecule has 0 N–H and O–H groups in total. The van der Waals surface area contributed by atoms with Gasteiger partial charge in [0.2, 0.25) is 11.2 Å². The van der Waals surface area contributed by atoms with Gasteiger partial charge in [0.15, 0.2) is 0 Å². The van der Waals surface area contributed by atoms with E-state index in [1.807, 2.05) is 12.1 Å². The number of rotatable bonds is 2. The van der Waals surface area contributed by atoms with Crippen molar-refractivity contribution in [3.05, 3.63) is 35.1 Å². The lowest BCUT2D eigenvalue weighted by Crippen LogP contribution is -2.26. The van der Waals surface area contributed by atoms with Crippen molar-refractivity contribution < 1.29 is 4.74 Å². The number of para-hydroxylation sites is 1. The lowest BCUT2D eigenvalue weighted by atomic mass is 10.1. The summed E-state index contributed by atoms with van der Waals surface area (Å²) in [6.07, 6.45) is 0.960. The summed E-state index contributed by atoms with van der Waals surface area (Å²) in [5.74, 6) is 0.523. The molecule has 1 aromatic carbocycles. The first-order valence-corrected chi connectivity index (χ1v) is 6.39. The normalized spacial score (nSPS) is 17.4. The second kappa shape index (κ2) is 4.66. The van der Waals surface area contributed by atoms with E-state index in [4.69, 9.17) is 16.3 Å². The lowest BCUT2D eigenvalue weighted by Gasteiger charge is -2.22. The van der Waals surface area contributed by atoms with Crippen molar-refractivity contribution in [1.82, 2.24) is 15.0 Å². The van der Waals surface area contributed by atoms with Crippen molar-refractivity contribution in [1.29, 1.82) is 0 Å². The van der Waals surface area contributed by atoms with Crippen molar-refractivity contribution in [2.45, 2.75) is 19.4 Å². The Morgan fingerprint density at radius 2 is 2.05 bits per heavy atom. The van der Waals surface area contributed by atoms with E-state index in [0.717, 1.165) is 12.1 Å². The average Bonchev–Trinajstić information content (AvgIpc) is 2.73. The molecule has 0 spiro atoms. The predicted molar refractivity (Wildman–Crippen MR) is 73.1 cm³/mol. The molecule has 1 atom stereocenters. The summed E-state index contributed by atoms with van der Waals surface area (Å²) in [5, 5.41) is 0.137. The van der Waals surface area contributed by atoms with Crippen LogP contribution >= 0.6 is 11.6 Å². The van der Waals surface area contributed by atoms with E-state index in [1.165, 1.54) is 12.7 Å². The minimum absolute atomic E-state index is 0.137. The number of aromatic nitrogens is 3. The van der Waals surface area contributed by atoms with Gasteiger partial charge in [-0.2, -0.15) is 15.0 Å². The Labute approximate surface area is 116 Å². The number of ether oxygens (including phenoxy) is 1. The van der Waals surface area contributed by atoms with Crippen LogP contribution in [0, 0.1) is 0 Å². The van der Waals surface area contributed by atoms with E-state index in [2.05, 4.69) is 38.9 Å². The molecule has 2 heterocycles. The molecule has 0 saturated heterocycles. The molecule has 3 rings (SSSR count). The van der Waals surface area contributed by atoms with E-state index >= 15 is 0 Å². The summed E-state index contributed by atoms with van der Waals surface area (Å²) in [6, 6.07) is 8.72. The number of halogens is 1. The molecule has 5 nitrogen and oxygen atoms in total. The van der Waals surface area contributed by atoms with Crippen LogP contribution in [0.4, 0.5) is 11.6 Å². The SMILES string of the molecule is COc1nc(Cl)nc(N2c3ccccc3CC2C)n1. The Morgan fingerprint density at radius 1 is 1.26 bits per heavy atom. The molecule has 0 amide bonds. The highest BCUT2D eigenvalue weighted by Gasteiger charge is 2.29. The van der Waals surface area contributed by atoms with Gasteiger partial charge in [0.25, 0.3) is 0 Å². The molecular weight excluding hydrogens is 264 g/mol. The number of hydrogen-bond donors (Lipinski definition) is 0. The van der Waals surface area contributed by atoms with Gasteiger partial charge in [0.05, 0.1) is 7.11 Å². The van der Waals surface area contributed by atoms with Crippen LogP contribution in [0.3, 0.4) is 0 Å². The molecule has 1 unspecified atom stereocenters. The molecule has 6 heteroatoms. The van der Waals surface area contributed by atoms with Crippen LogP contribution in [-0.4, -0.2) is 28.1 Å². The molecule has 1 aromatic heterocycles. The molecule has 98 valence electrons. The smallest absolute Gasteiger partial charge is 0.322 e. The third-order valence-corrected chi connectivity index (χ3v) is 3.35. The number of anilines is 2. The van der Waals surface area contributed by atoms with Crippen molar-refractivity contribution in [3.8, 4) is 6.01 Å². The molecule has 19 heavy (non-hydrogen) atoms. The van der Waals surface area contributed by atoms with E-state index < -0.39 is 0 Å². The van der Waals surface area contributed by atoms with Gasteiger partial charge in [-0.1, -0.05) is 18.2 Å². The van der Waals surface area contributed by atoms with Crippen LogP contribution in [0.5, 0.6) is 6.01 Å². The Kier molecular flexibility index (Phi) is 2.98. The molecular formula is C13H13ClN4O. The third kappa shape index (κ3) is 2.10. The average molecular weight is 277 g/mol. The van der Waals surface area contributed by atoms with Gasteiger partial charge in [0, 0.05) is 11.7 Å². The standard InChI is InChI=1S/C13H13ClN4O/c1-8-7-9-5-3-4-6-10(9)18(8)12-15-11(14)16-13(17-12)19-2/h3-6,8H,7H2,1-2H3. The van der Waals surface area contributed by atoms with Gasteiger partial charge < -0.3 is 9.64 Å². The monoisotopic (exact) mass is 276 g/mol. The first-order chi connectivity index (χ1) is 9.19. The molecule has 0 bridgehead atoms. The van der Waals surface area contributed by atoms with Gasteiger partial charge in [-0.25, -0.2) is 0 Å². The zero-order valence-electron chi connectivity index (χ0n) is 10.7. The molecule has 1 aliphatic heterocycles. The molecule has 0 aliphatic carbocycles. The number of methoxy groups -OCH3 is 1. The number of fused-ring (bicyclic) bond motifs is 1. The minimum Gasteiger partial charge on any atom is -0.467 e. The fourth-order valence-corrected chi connectivity index (χ4v) is 2.54. The largest absolute Gasteiger partial charge is 0.467 e. The van der Waals surface area contributed by atoms with Gasteiger partial charge in [-0.05, 0) is 36.6 Å². The van der Waals surface area contributed by atoms with Gasteiger partial charge >= 0.3 is 6.01 Å². The van der Waals surface area contributed by atoms with Crippen LogP contribution < -0.4 is 9.64 Å². The zero-order chi connectivity index (χ0) is 13.4. The van der Waals surface area contributed by atoms with Crippen LogP contribution in [0.15, 0.2) is 24.3 Å². The summed E-state index contributed by atoms with van der Waals surface area (Å²) in [5.41, 5.74) is 2.39. The van der Waals surface area contributed by atoms with Crippen molar-refractivity contribution in [2.75, 3.05) is 12.0 Å². The van der Waals surface area contributed by atoms with E-state index in [-0.39, 0.29) is 17.3 Å². The van der Waals surface area contributed by atoms with Gasteiger partial charge in [-0.3, -0.25) is 0 Å². The highest BCUT2D eigenvalue weighted by Crippen LogP contribution is 2.36. The van der Waals surface area contributed by atoms with Crippen molar-refractivity contribution in [3.63, 3.8) is 0 Å². The van der Waals surface area contributed by atoms with Crippen LogP contribution in [0.2, 0.25) is 5.28 Å². The fraction of sp³-hybridized carbons (Fsp3) is 0.308. The fourth-order valence-electron chi connectivity index (χ4n) is 2.39. The van der Waals surface area contributed by atoms with Gasteiger partial charge in [-0.15, -0.1) is 0 Å². The first-order valence-electron chi connectivity index (χ1n) is 6.01. The van der Waals surface area contributed by atoms with Crippen LogP contribution in [0.1, 0.15) is 12.5 Å². The molecule has 0 fully saturated rings. The third-order valence-electron chi connectivity index (χ3n) is 3.18. The molecule has 0 radical (unpaired) electrons. The molecule has 0 saturated carbocycles. The highest BCUT2D eigenvalue weighted by atomic mass is 35.5. The van der Waals surface area contributed by atoms with Gasteiger partial charge in [0.1, 0.15) is 0 Å². The summed E-state index contributed by atoms with van der Waals surface area (Å²) in [4.78, 5) is 14.4. The second-order valence-corrected chi connectivity index (χ2v) is 4.78. The maximum Gasteiger partial charge on any atom is 0.322 e.